The number of alkyl halides is 4. The number of rotatable bonds is 2. The molecule has 23 heavy (non-hydrogen) atoms. The van der Waals surface area contributed by atoms with Gasteiger partial charge in [0.2, 0.25) is 0 Å². The molecule has 0 radical (unpaired) electrons. The molecule has 0 N–H and O–H groups in total. The Bertz CT molecular complexity index is 425. The van der Waals surface area contributed by atoms with Gasteiger partial charge in [-0.3, -0.25) is 0 Å². The highest BCUT2D eigenvalue weighted by Crippen LogP contribution is 3.01. The third kappa shape index (κ3) is 4.04. The van der Waals surface area contributed by atoms with Crippen LogP contribution in [0.3, 0.4) is 0 Å². The van der Waals surface area contributed by atoms with Crippen LogP contribution in [0.15, 0.2) is 0 Å². The van der Waals surface area contributed by atoms with E-state index in [1.807, 2.05) is 0 Å². The highest BCUT2D eigenvalue weighted by Gasteiger charge is 2.75. The SMILES string of the molecule is CC1CC(F)C(C2CC(F)C(S(F)(F)(F)(F)F)C(F)C2)C(F)C1. The lowest BCUT2D eigenvalue weighted by Gasteiger charge is -2.52. The van der Waals surface area contributed by atoms with E-state index < -0.39 is 64.8 Å². The van der Waals surface area contributed by atoms with E-state index in [0.29, 0.717) is 0 Å². The van der Waals surface area contributed by atoms with Crippen molar-refractivity contribution in [3.8, 4) is 0 Å². The van der Waals surface area contributed by atoms with Gasteiger partial charge in [-0.2, -0.15) is 0 Å². The van der Waals surface area contributed by atoms with E-state index in [9.17, 15) is 37.0 Å². The Labute approximate surface area is 128 Å². The lowest BCUT2D eigenvalue weighted by Crippen LogP contribution is -2.51. The maximum atomic E-state index is 14.0. The molecular formula is C13H19F9S. The molecule has 2 fully saturated rings. The van der Waals surface area contributed by atoms with Crippen molar-refractivity contribution >= 4 is 10.2 Å². The molecule has 2 aliphatic rings. The maximum Gasteiger partial charge on any atom is 0.293 e. The fourth-order valence-electron chi connectivity index (χ4n) is 4.04. The van der Waals surface area contributed by atoms with Gasteiger partial charge in [0.25, 0.3) is 10.2 Å². The summed E-state index contributed by atoms with van der Waals surface area (Å²) in [7, 11) is -10.4. The van der Waals surface area contributed by atoms with Crippen molar-refractivity contribution < 1.29 is 37.0 Å². The first-order valence-corrected chi connectivity index (χ1v) is 9.40. The summed E-state index contributed by atoms with van der Waals surface area (Å²) < 4.78 is 119. The Morgan fingerprint density at radius 2 is 1.04 bits per heavy atom. The summed E-state index contributed by atoms with van der Waals surface area (Å²) in [6, 6.07) is 0. The van der Waals surface area contributed by atoms with Gasteiger partial charge in [0.05, 0.1) is 0 Å². The summed E-state index contributed by atoms with van der Waals surface area (Å²) in [6.45, 7) is 1.59. The second kappa shape index (κ2) is 5.11. The molecule has 4 atom stereocenters. The first-order chi connectivity index (χ1) is 10.1. The molecule has 0 amide bonds. The van der Waals surface area contributed by atoms with Gasteiger partial charge >= 0.3 is 0 Å². The predicted molar refractivity (Wildman–Crippen MR) is 71.1 cm³/mol. The van der Waals surface area contributed by atoms with Gasteiger partial charge in [0.1, 0.15) is 24.7 Å². The fraction of sp³-hybridized carbons (Fsp3) is 1.00. The van der Waals surface area contributed by atoms with Crippen LogP contribution in [0.25, 0.3) is 0 Å². The van der Waals surface area contributed by atoms with E-state index in [2.05, 4.69) is 0 Å². The largest absolute Gasteiger partial charge is 0.293 e. The van der Waals surface area contributed by atoms with Gasteiger partial charge in [-0.1, -0.05) is 26.4 Å². The van der Waals surface area contributed by atoms with Crippen LogP contribution in [0.1, 0.15) is 32.6 Å². The summed E-state index contributed by atoms with van der Waals surface area (Å²) in [6.07, 6.45) is -12.2. The number of halogens is 9. The third-order valence-corrected chi connectivity index (χ3v) is 6.54. The molecule has 2 rings (SSSR count). The molecule has 0 aromatic carbocycles. The van der Waals surface area contributed by atoms with Crippen LogP contribution in [0.2, 0.25) is 0 Å². The summed E-state index contributed by atoms with van der Waals surface area (Å²) in [5, 5.41) is -4.00. The fourth-order valence-corrected chi connectivity index (χ4v) is 5.38. The quantitative estimate of drug-likeness (QED) is 0.484. The predicted octanol–water partition coefficient (Wildman–Crippen LogP) is 6.46. The molecule has 0 nitrogen and oxygen atoms in total. The summed E-state index contributed by atoms with van der Waals surface area (Å²) in [5.74, 6) is -3.09. The van der Waals surface area contributed by atoms with Crippen LogP contribution in [-0.2, 0) is 0 Å². The summed E-state index contributed by atoms with van der Waals surface area (Å²) in [4.78, 5) is 0. The molecule has 0 aromatic rings. The molecule has 0 spiro atoms. The van der Waals surface area contributed by atoms with Crippen molar-refractivity contribution in [2.24, 2.45) is 17.8 Å². The minimum absolute atomic E-state index is 0.0551. The molecule has 2 aliphatic carbocycles. The second-order valence-corrected chi connectivity index (χ2v) is 9.54. The van der Waals surface area contributed by atoms with Crippen molar-refractivity contribution in [2.75, 3.05) is 0 Å². The van der Waals surface area contributed by atoms with Gasteiger partial charge < -0.3 is 0 Å². The lowest BCUT2D eigenvalue weighted by atomic mass is 9.68. The molecule has 0 bridgehead atoms. The van der Waals surface area contributed by atoms with Crippen LogP contribution in [0.5, 0.6) is 0 Å². The first-order valence-electron chi connectivity index (χ1n) is 7.39. The number of hydrogen-bond donors (Lipinski definition) is 0. The Balaban J connectivity index is 2.20. The van der Waals surface area contributed by atoms with Gasteiger partial charge in [0.15, 0.2) is 5.25 Å². The normalized spacial score (nSPS) is 49.3. The first kappa shape index (κ1) is 19.1. The molecule has 10 heteroatoms. The third-order valence-electron chi connectivity index (χ3n) is 4.92. The van der Waals surface area contributed by atoms with Crippen molar-refractivity contribution in [2.45, 2.75) is 62.5 Å². The molecule has 140 valence electrons. The van der Waals surface area contributed by atoms with E-state index >= 15 is 0 Å². The zero-order chi connectivity index (χ0) is 17.9. The molecule has 0 heterocycles. The zero-order valence-electron chi connectivity index (χ0n) is 12.3. The Kier molecular flexibility index (Phi) is 4.23. The van der Waals surface area contributed by atoms with E-state index in [-0.39, 0.29) is 18.8 Å². The Morgan fingerprint density at radius 3 is 1.39 bits per heavy atom. The van der Waals surface area contributed by atoms with Crippen molar-refractivity contribution in [3.05, 3.63) is 0 Å². The van der Waals surface area contributed by atoms with Crippen LogP contribution in [0, 0.1) is 17.8 Å². The Morgan fingerprint density at radius 1 is 0.652 bits per heavy atom. The second-order valence-electron chi connectivity index (χ2n) is 6.94. The average Bonchev–Trinajstić information content (AvgIpc) is 2.21. The van der Waals surface area contributed by atoms with Crippen LogP contribution >= 0.6 is 10.2 Å². The molecule has 0 saturated heterocycles. The summed E-state index contributed by atoms with van der Waals surface area (Å²) in [5.41, 5.74) is 0. The smallest absolute Gasteiger partial charge is 0.247 e. The number of hydrogen-bond acceptors (Lipinski definition) is 0. The highest BCUT2D eigenvalue weighted by atomic mass is 32.5. The van der Waals surface area contributed by atoms with Crippen molar-refractivity contribution in [1.82, 2.24) is 0 Å². The maximum absolute atomic E-state index is 14.0. The van der Waals surface area contributed by atoms with Crippen LogP contribution in [-0.4, -0.2) is 29.9 Å². The van der Waals surface area contributed by atoms with Crippen LogP contribution < -0.4 is 0 Å². The van der Waals surface area contributed by atoms with Gasteiger partial charge in [-0.15, -0.1) is 0 Å². The molecule has 0 aliphatic heterocycles. The molecular weight excluding hydrogens is 359 g/mol. The molecule has 2 saturated carbocycles. The van der Waals surface area contributed by atoms with E-state index in [1.165, 1.54) is 0 Å². The van der Waals surface area contributed by atoms with Crippen LogP contribution in [0.4, 0.5) is 37.0 Å². The average molecular weight is 378 g/mol. The van der Waals surface area contributed by atoms with Gasteiger partial charge in [0, 0.05) is 5.92 Å². The molecule has 0 aromatic heterocycles. The standard InChI is InChI=1S/C13H19F9S/c1-6-2-8(14)12(9(15)3-6)7-4-10(16)13(11(17)5-7)23(18,19,20,21)22/h6-13H,2-5H2,1H3. The lowest BCUT2D eigenvalue weighted by molar-refractivity contribution is -0.0235. The van der Waals surface area contributed by atoms with Gasteiger partial charge in [-0.05, 0) is 37.5 Å². The topological polar surface area (TPSA) is 0 Å². The van der Waals surface area contributed by atoms with Gasteiger partial charge in [-0.25, -0.2) is 17.6 Å². The van der Waals surface area contributed by atoms with Crippen molar-refractivity contribution in [1.29, 1.82) is 0 Å². The zero-order valence-corrected chi connectivity index (χ0v) is 13.1. The minimum atomic E-state index is -10.4. The monoisotopic (exact) mass is 378 g/mol. The molecule has 4 unspecified atom stereocenters. The Hall–Kier alpha value is -0.280. The summed E-state index contributed by atoms with van der Waals surface area (Å²) >= 11 is 0. The highest BCUT2D eigenvalue weighted by molar-refractivity contribution is 8.46. The van der Waals surface area contributed by atoms with E-state index in [4.69, 9.17) is 0 Å². The van der Waals surface area contributed by atoms with E-state index in [0.717, 1.165) is 0 Å². The minimum Gasteiger partial charge on any atom is -0.247 e. The van der Waals surface area contributed by atoms with Crippen molar-refractivity contribution in [3.63, 3.8) is 0 Å². The van der Waals surface area contributed by atoms with E-state index in [1.54, 1.807) is 6.92 Å².